The van der Waals surface area contributed by atoms with Crippen LogP contribution in [-0.2, 0) is 16.6 Å². The van der Waals surface area contributed by atoms with E-state index < -0.39 is 17.1 Å². The van der Waals surface area contributed by atoms with Crippen LogP contribution < -0.4 is 4.74 Å². The van der Waals surface area contributed by atoms with Crippen LogP contribution in [-0.4, -0.2) is 58.4 Å². The van der Waals surface area contributed by atoms with Crippen molar-refractivity contribution >= 4 is 5.78 Å². The molecule has 5 heteroatoms. The number of likely N-dealkylation sites (N-methyl/N-ethyl adjacent to an activating group) is 1. The van der Waals surface area contributed by atoms with Crippen molar-refractivity contribution in [3.8, 4) is 11.5 Å². The molecule has 1 unspecified atom stereocenters. The number of piperidine rings is 1. The topological polar surface area (TPSA) is 66.8 Å². The van der Waals surface area contributed by atoms with Crippen LogP contribution >= 0.6 is 0 Å². The number of likely N-dealkylation sites (tertiary alicyclic amines) is 1. The number of hydrogen-bond acceptors (Lipinski definition) is 4. The molecule has 3 aliphatic carbocycles. The molecular formula is C22H28NO4+. The van der Waals surface area contributed by atoms with Crippen LogP contribution in [0.2, 0.25) is 0 Å². The summed E-state index contributed by atoms with van der Waals surface area (Å²) < 4.78 is 7.02. The van der Waals surface area contributed by atoms with Gasteiger partial charge in [-0.05, 0) is 30.4 Å². The predicted molar refractivity (Wildman–Crippen MR) is 98.7 cm³/mol. The summed E-state index contributed by atoms with van der Waals surface area (Å²) in [6, 6.07) is 3.76. The normalized spacial score (nSPS) is 46.8. The number of aromatic hydroxyl groups is 1. The van der Waals surface area contributed by atoms with Crippen molar-refractivity contribution < 1.29 is 24.2 Å². The van der Waals surface area contributed by atoms with Crippen LogP contribution in [0.25, 0.3) is 0 Å². The van der Waals surface area contributed by atoms with Crippen molar-refractivity contribution in [1.82, 2.24) is 0 Å². The summed E-state index contributed by atoms with van der Waals surface area (Å²) >= 11 is 0. The highest BCUT2D eigenvalue weighted by atomic mass is 16.5. The van der Waals surface area contributed by atoms with E-state index in [1.807, 2.05) is 13.0 Å². The van der Waals surface area contributed by atoms with Gasteiger partial charge in [0.25, 0.3) is 0 Å². The molecule has 144 valence electrons. The summed E-state index contributed by atoms with van der Waals surface area (Å²) in [5.74, 6) is 1.30. The first-order chi connectivity index (χ1) is 12.8. The molecule has 2 N–H and O–H groups in total. The van der Waals surface area contributed by atoms with Crippen LogP contribution in [0.4, 0.5) is 0 Å². The Kier molecular flexibility index (Phi) is 2.84. The maximum atomic E-state index is 13.0. The molecule has 3 fully saturated rings. The Morgan fingerprint density at radius 3 is 2.81 bits per heavy atom. The predicted octanol–water partition coefficient (Wildman–Crippen LogP) is 1.92. The zero-order chi connectivity index (χ0) is 18.8. The molecule has 27 heavy (non-hydrogen) atoms. The zero-order valence-corrected chi connectivity index (χ0v) is 16.1. The first-order valence-corrected chi connectivity index (χ1v) is 10.4. The van der Waals surface area contributed by atoms with E-state index >= 15 is 0 Å². The SMILES string of the molecule is CC1CC(=O)[C@@H]2Oc3c(O)ccc4c3[C@@]23CC[N@+](C)(CC2CC2)[C@@H](C4)[C@]13O. The van der Waals surface area contributed by atoms with E-state index in [0.717, 1.165) is 47.5 Å². The van der Waals surface area contributed by atoms with Crippen molar-refractivity contribution in [2.45, 2.75) is 62.2 Å². The third-order valence-electron chi connectivity index (χ3n) is 8.68. The van der Waals surface area contributed by atoms with Crippen molar-refractivity contribution in [1.29, 1.82) is 0 Å². The molecular weight excluding hydrogens is 342 g/mol. The minimum atomic E-state index is -0.973. The van der Waals surface area contributed by atoms with E-state index in [-0.39, 0.29) is 23.5 Å². The standard InChI is InChI=1S/C22H27NO4/c1-12-9-16(25)20-21-7-8-23(2,11-13-3-4-13)17(22(12,21)26)10-14-5-6-15(24)19(27-20)18(14)21/h5-6,12-13,17,20,26H,3-4,7-11H2,1-2H3/p+1/t12?,17-,20-,21-,22+,23+/m0/s1. The molecule has 1 saturated heterocycles. The number of aliphatic hydroxyl groups is 1. The highest BCUT2D eigenvalue weighted by molar-refractivity contribution is 5.90. The number of nitrogens with zero attached hydrogens (tertiary/aromatic N) is 1. The highest BCUT2D eigenvalue weighted by Gasteiger charge is 2.78. The van der Waals surface area contributed by atoms with Gasteiger partial charge < -0.3 is 19.4 Å². The summed E-state index contributed by atoms with van der Waals surface area (Å²) in [6.45, 7) is 4.12. The molecule has 6 rings (SSSR count). The van der Waals surface area contributed by atoms with E-state index in [4.69, 9.17) is 4.74 Å². The number of hydrogen-bond donors (Lipinski definition) is 2. The second-order valence-electron chi connectivity index (χ2n) is 10.1. The molecule has 1 aromatic carbocycles. The van der Waals surface area contributed by atoms with E-state index in [2.05, 4.69) is 7.05 Å². The lowest BCUT2D eigenvalue weighted by molar-refractivity contribution is -0.951. The molecule has 2 bridgehead atoms. The lowest BCUT2D eigenvalue weighted by Gasteiger charge is -2.66. The first kappa shape index (κ1) is 16.4. The Hall–Kier alpha value is -1.59. The Balaban J connectivity index is 1.63. The van der Waals surface area contributed by atoms with E-state index in [0.29, 0.717) is 12.2 Å². The van der Waals surface area contributed by atoms with Gasteiger partial charge in [0.2, 0.25) is 0 Å². The van der Waals surface area contributed by atoms with Crippen molar-refractivity contribution in [3.05, 3.63) is 23.3 Å². The van der Waals surface area contributed by atoms with Gasteiger partial charge >= 0.3 is 0 Å². The monoisotopic (exact) mass is 370 g/mol. The van der Waals surface area contributed by atoms with Gasteiger partial charge in [0.15, 0.2) is 23.4 Å². The minimum absolute atomic E-state index is 0.0732. The summed E-state index contributed by atoms with van der Waals surface area (Å²) in [4.78, 5) is 13.0. The van der Waals surface area contributed by atoms with Crippen LogP contribution in [0.15, 0.2) is 12.1 Å². The number of phenols is 1. The first-order valence-electron chi connectivity index (χ1n) is 10.4. The fourth-order valence-corrected chi connectivity index (χ4v) is 7.33. The third-order valence-corrected chi connectivity index (χ3v) is 8.68. The van der Waals surface area contributed by atoms with Gasteiger partial charge in [-0.3, -0.25) is 4.79 Å². The van der Waals surface area contributed by atoms with Gasteiger partial charge in [-0.2, -0.15) is 0 Å². The summed E-state index contributed by atoms with van der Waals surface area (Å²) in [7, 11) is 2.31. The molecule has 5 nitrogen and oxygen atoms in total. The average Bonchev–Trinajstić information content (AvgIpc) is 3.34. The number of carbonyl (C=O) groups excluding carboxylic acids is 1. The smallest absolute Gasteiger partial charge is 0.174 e. The maximum Gasteiger partial charge on any atom is 0.174 e. The van der Waals surface area contributed by atoms with Gasteiger partial charge in [-0.15, -0.1) is 0 Å². The number of quaternary nitrogens is 1. The van der Waals surface area contributed by atoms with Crippen molar-refractivity contribution in [3.63, 3.8) is 0 Å². The molecule has 2 aliphatic heterocycles. The van der Waals surface area contributed by atoms with E-state index in [9.17, 15) is 15.0 Å². The number of ketones is 1. The molecule has 5 aliphatic rings. The molecule has 0 radical (unpaired) electrons. The molecule has 1 spiro atoms. The fraction of sp³-hybridized carbons (Fsp3) is 0.682. The number of ether oxygens (including phenoxy) is 1. The van der Waals surface area contributed by atoms with Crippen molar-refractivity contribution in [2.75, 3.05) is 20.1 Å². The number of carbonyl (C=O) groups is 1. The molecule has 0 amide bonds. The van der Waals surface area contributed by atoms with Gasteiger partial charge in [0.1, 0.15) is 11.6 Å². The minimum Gasteiger partial charge on any atom is -0.504 e. The Morgan fingerprint density at radius 1 is 1.30 bits per heavy atom. The Bertz CT molecular complexity index is 879. The number of benzene rings is 1. The number of phenolic OH excluding ortho intramolecular Hbond substituents is 1. The summed E-state index contributed by atoms with van der Waals surface area (Å²) in [5.41, 5.74) is 0.417. The van der Waals surface area contributed by atoms with Crippen LogP contribution in [0.5, 0.6) is 11.5 Å². The Morgan fingerprint density at radius 2 is 2.07 bits per heavy atom. The van der Waals surface area contributed by atoms with Gasteiger partial charge in [0.05, 0.1) is 25.6 Å². The molecule has 2 heterocycles. The van der Waals surface area contributed by atoms with Crippen LogP contribution in [0.1, 0.15) is 43.7 Å². The largest absolute Gasteiger partial charge is 0.504 e. The second kappa shape index (κ2) is 4.69. The average molecular weight is 370 g/mol. The molecule has 1 aromatic rings. The van der Waals surface area contributed by atoms with E-state index in [1.54, 1.807) is 6.07 Å². The highest BCUT2D eigenvalue weighted by Crippen LogP contribution is 2.67. The third kappa shape index (κ3) is 1.68. The van der Waals surface area contributed by atoms with Crippen LogP contribution in [0.3, 0.4) is 0 Å². The molecule has 6 atom stereocenters. The quantitative estimate of drug-likeness (QED) is 0.781. The van der Waals surface area contributed by atoms with Gasteiger partial charge in [-0.25, -0.2) is 0 Å². The maximum absolute atomic E-state index is 13.0. The second-order valence-corrected chi connectivity index (χ2v) is 10.1. The molecule has 2 saturated carbocycles. The van der Waals surface area contributed by atoms with Crippen molar-refractivity contribution in [2.24, 2.45) is 11.8 Å². The molecule has 0 aromatic heterocycles. The van der Waals surface area contributed by atoms with E-state index in [1.165, 1.54) is 12.8 Å². The number of rotatable bonds is 2. The van der Waals surface area contributed by atoms with Crippen LogP contribution in [0, 0.1) is 11.8 Å². The lowest BCUT2D eigenvalue weighted by Crippen LogP contribution is -2.82. The zero-order valence-electron chi connectivity index (χ0n) is 16.1. The fourth-order valence-electron chi connectivity index (χ4n) is 7.33. The number of Topliss-reactive ketones (excluding diaryl/α,β-unsaturated/α-hetero) is 1. The summed E-state index contributed by atoms with van der Waals surface area (Å²) in [6.07, 6.45) is 3.84. The Labute approximate surface area is 159 Å². The van der Waals surface area contributed by atoms with Gasteiger partial charge in [0, 0.05) is 30.7 Å². The van der Waals surface area contributed by atoms with Gasteiger partial charge in [-0.1, -0.05) is 13.0 Å². The summed E-state index contributed by atoms with van der Waals surface area (Å²) in [5, 5.41) is 22.9. The lowest BCUT2D eigenvalue weighted by atomic mass is 9.46.